The number of nitrogens with zero attached hydrogens (tertiary/aromatic N) is 3. The molecule has 0 aliphatic carbocycles. The Morgan fingerprint density at radius 2 is 1.95 bits per heavy atom. The number of hydrogen-bond acceptors (Lipinski definition) is 4. The fourth-order valence-electron chi connectivity index (χ4n) is 2.33. The summed E-state index contributed by atoms with van der Waals surface area (Å²) < 4.78 is 37.2. The Bertz CT molecular complexity index is 495. The highest BCUT2D eigenvalue weighted by Crippen LogP contribution is 2.33. The second-order valence-electron chi connectivity index (χ2n) is 5.41. The molecule has 1 fully saturated rings. The summed E-state index contributed by atoms with van der Waals surface area (Å²) in [5, 5.41) is 7.58. The first-order valence-corrected chi connectivity index (χ1v) is 7.55. The Hall–Kier alpha value is -1.38. The number of urea groups is 1. The molecule has 21 heavy (non-hydrogen) atoms. The van der Waals surface area contributed by atoms with E-state index in [0.717, 1.165) is 12.8 Å². The standard InChI is InChI=1S/C12H17F3N4OS/c1-7(2)8-3-5-19(6-4-8)11(20)16-10-18-17-9(21-10)12(13,14)15/h7-8H,3-6H2,1-2H3,(H,16,18,20). The van der Waals surface area contributed by atoms with E-state index in [1.807, 2.05) is 0 Å². The van der Waals surface area contributed by atoms with E-state index in [1.165, 1.54) is 0 Å². The molecule has 0 atom stereocenters. The van der Waals surface area contributed by atoms with Crippen LogP contribution >= 0.6 is 11.3 Å². The van der Waals surface area contributed by atoms with Crippen molar-refractivity contribution < 1.29 is 18.0 Å². The van der Waals surface area contributed by atoms with Crippen molar-refractivity contribution in [3.63, 3.8) is 0 Å². The van der Waals surface area contributed by atoms with Gasteiger partial charge in [-0.3, -0.25) is 5.32 Å². The van der Waals surface area contributed by atoms with Crippen LogP contribution in [0.1, 0.15) is 31.7 Å². The molecule has 1 saturated heterocycles. The number of rotatable bonds is 2. The smallest absolute Gasteiger partial charge is 0.324 e. The van der Waals surface area contributed by atoms with Crippen LogP contribution in [0, 0.1) is 11.8 Å². The Morgan fingerprint density at radius 3 is 2.43 bits per heavy atom. The molecule has 0 aromatic carbocycles. The average molecular weight is 322 g/mol. The molecule has 1 aromatic rings. The lowest BCUT2D eigenvalue weighted by Crippen LogP contribution is -2.41. The van der Waals surface area contributed by atoms with E-state index in [2.05, 4.69) is 29.4 Å². The van der Waals surface area contributed by atoms with E-state index in [0.29, 0.717) is 36.3 Å². The number of halogens is 3. The minimum absolute atomic E-state index is 0.127. The van der Waals surface area contributed by atoms with Crippen LogP contribution < -0.4 is 5.32 Å². The molecule has 0 bridgehead atoms. The topological polar surface area (TPSA) is 58.1 Å². The molecule has 2 amide bonds. The molecule has 1 aliphatic heterocycles. The van der Waals surface area contributed by atoms with Gasteiger partial charge in [-0.1, -0.05) is 25.2 Å². The van der Waals surface area contributed by atoms with Gasteiger partial charge in [-0.2, -0.15) is 13.2 Å². The summed E-state index contributed by atoms with van der Waals surface area (Å²) in [5.74, 6) is 1.17. The Morgan fingerprint density at radius 1 is 1.33 bits per heavy atom. The molecular weight excluding hydrogens is 305 g/mol. The highest BCUT2D eigenvalue weighted by atomic mass is 32.1. The maximum atomic E-state index is 12.4. The second-order valence-corrected chi connectivity index (χ2v) is 6.39. The van der Waals surface area contributed by atoms with Crippen molar-refractivity contribution in [2.45, 2.75) is 32.9 Å². The molecule has 5 nitrogen and oxygen atoms in total. The number of carbonyl (C=O) groups excluding carboxylic acids is 1. The zero-order chi connectivity index (χ0) is 15.6. The van der Waals surface area contributed by atoms with Gasteiger partial charge in [0.15, 0.2) is 0 Å². The number of hydrogen-bond donors (Lipinski definition) is 1. The summed E-state index contributed by atoms with van der Waals surface area (Å²) in [6.45, 7) is 5.53. The van der Waals surface area contributed by atoms with Crippen molar-refractivity contribution in [2.75, 3.05) is 18.4 Å². The number of piperidine rings is 1. The number of anilines is 1. The van der Waals surface area contributed by atoms with Crippen LogP contribution in [0.2, 0.25) is 0 Å². The van der Waals surface area contributed by atoms with Gasteiger partial charge in [0.2, 0.25) is 10.1 Å². The van der Waals surface area contributed by atoms with Crippen molar-refractivity contribution in [3.05, 3.63) is 5.01 Å². The van der Waals surface area contributed by atoms with E-state index in [4.69, 9.17) is 0 Å². The first-order valence-electron chi connectivity index (χ1n) is 6.74. The van der Waals surface area contributed by atoms with Crippen LogP contribution in [-0.2, 0) is 6.18 Å². The van der Waals surface area contributed by atoms with Crippen LogP contribution in [0.5, 0.6) is 0 Å². The largest absolute Gasteiger partial charge is 0.445 e. The van der Waals surface area contributed by atoms with E-state index < -0.39 is 17.2 Å². The quantitative estimate of drug-likeness (QED) is 0.907. The van der Waals surface area contributed by atoms with E-state index in [-0.39, 0.29) is 5.13 Å². The molecule has 0 spiro atoms. The average Bonchev–Trinajstić information content (AvgIpc) is 2.87. The minimum Gasteiger partial charge on any atom is -0.324 e. The van der Waals surface area contributed by atoms with Gasteiger partial charge in [0.25, 0.3) is 0 Å². The van der Waals surface area contributed by atoms with Crippen molar-refractivity contribution in [3.8, 4) is 0 Å². The third-order valence-electron chi connectivity index (χ3n) is 3.65. The summed E-state index contributed by atoms with van der Waals surface area (Å²) in [6, 6.07) is -0.415. The van der Waals surface area contributed by atoms with Crippen LogP contribution in [0.3, 0.4) is 0 Å². The molecule has 0 saturated carbocycles. The van der Waals surface area contributed by atoms with Crippen LogP contribution in [0.15, 0.2) is 0 Å². The predicted octanol–water partition coefficient (Wildman–Crippen LogP) is 3.46. The molecule has 9 heteroatoms. The molecule has 2 rings (SSSR count). The van der Waals surface area contributed by atoms with Gasteiger partial charge in [0, 0.05) is 13.1 Å². The second kappa shape index (κ2) is 6.17. The normalized spacial score (nSPS) is 17.3. The lowest BCUT2D eigenvalue weighted by molar-refractivity contribution is -0.138. The molecule has 0 radical (unpaired) electrons. The van der Waals surface area contributed by atoms with Crippen LogP contribution in [0.25, 0.3) is 0 Å². The molecule has 1 aliphatic rings. The summed E-state index contributed by atoms with van der Waals surface area (Å²) in [7, 11) is 0. The van der Waals surface area contributed by atoms with E-state index in [9.17, 15) is 18.0 Å². The Labute approximate surface area is 124 Å². The molecule has 2 heterocycles. The first-order chi connectivity index (χ1) is 9.77. The van der Waals surface area contributed by atoms with Crippen molar-refractivity contribution in [2.24, 2.45) is 11.8 Å². The Balaban J connectivity index is 1.89. The van der Waals surface area contributed by atoms with Gasteiger partial charge in [-0.15, -0.1) is 10.2 Å². The van der Waals surface area contributed by atoms with Crippen LogP contribution in [-0.4, -0.2) is 34.2 Å². The molecular formula is C12H17F3N4OS. The van der Waals surface area contributed by atoms with Crippen molar-refractivity contribution in [1.29, 1.82) is 0 Å². The number of alkyl halides is 3. The zero-order valence-corrected chi connectivity index (χ0v) is 12.6. The monoisotopic (exact) mass is 322 g/mol. The van der Waals surface area contributed by atoms with Gasteiger partial charge in [0.1, 0.15) is 0 Å². The summed E-state index contributed by atoms with van der Waals surface area (Å²) in [4.78, 5) is 13.6. The summed E-state index contributed by atoms with van der Waals surface area (Å²) in [5.41, 5.74) is 0. The highest BCUT2D eigenvalue weighted by Gasteiger charge is 2.36. The van der Waals surface area contributed by atoms with Gasteiger partial charge in [0.05, 0.1) is 0 Å². The fourth-order valence-corrected chi connectivity index (χ4v) is 2.93. The van der Waals surface area contributed by atoms with Crippen molar-refractivity contribution in [1.82, 2.24) is 15.1 Å². The van der Waals surface area contributed by atoms with E-state index >= 15 is 0 Å². The van der Waals surface area contributed by atoms with Gasteiger partial charge in [-0.25, -0.2) is 4.79 Å². The van der Waals surface area contributed by atoms with Gasteiger partial charge in [-0.05, 0) is 24.7 Å². The number of aromatic nitrogens is 2. The van der Waals surface area contributed by atoms with Crippen molar-refractivity contribution >= 4 is 22.5 Å². The summed E-state index contributed by atoms with van der Waals surface area (Å²) in [6.07, 6.45) is -2.71. The fraction of sp³-hybridized carbons (Fsp3) is 0.750. The highest BCUT2D eigenvalue weighted by molar-refractivity contribution is 7.15. The predicted molar refractivity (Wildman–Crippen MR) is 73.1 cm³/mol. The zero-order valence-electron chi connectivity index (χ0n) is 11.8. The maximum Gasteiger partial charge on any atom is 0.445 e. The van der Waals surface area contributed by atoms with Gasteiger partial charge >= 0.3 is 12.2 Å². The first kappa shape index (κ1) is 16.0. The Kier molecular flexibility index (Phi) is 4.70. The van der Waals surface area contributed by atoms with Gasteiger partial charge < -0.3 is 4.90 Å². The third kappa shape index (κ3) is 4.05. The summed E-state index contributed by atoms with van der Waals surface area (Å²) >= 11 is 0.332. The number of nitrogens with one attached hydrogen (secondary N) is 1. The molecule has 1 aromatic heterocycles. The lowest BCUT2D eigenvalue weighted by atomic mass is 9.87. The minimum atomic E-state index is -4.53. The molecule has 1 N–H and O–H groups in total. The number of likely N-dealkylation sites (tertiary alicyclic amines) is 1. The number of amides is 2. The lowest BCUT2D eigenvalue weighted by Gasteiger charge is -2.33. The third-order valence-corrected chi connectivity index (χ3v) is 4.53. The maximum absolute atomic E-state index is 12.4. The molecule has 118 valence electrons. The number of carbonyl (C=O) groups is 1. The SMILES string of the molecule is CC(C)C1CCN(C(=O)Nc2nnc(C(F)(F)F)s2)CC1. The van der Waals surface area contributed by atoms with Crippen LogP contribution in [0.4, 0.5) is 23.1 Å². The van der Waals surface area contributed by atoms with E-state index in [1.54, 1.807) is 4.90 Å². The molecule has 0 unspecified atom stereocenters.